The van der Waals surface area contributed by atoms with Crippen LogP contribution in [0, 0.1) is 5.82 Å². The zero-order valence-corrected chi connectivity index (χ0v) is 18.4. The van der Waals surface area contributed by atoms with Gasteiger partial charge in [-0.25, -0.2) is 14.0 Å². The van der Waals surface area contributed by atoms with E-state index in [1.165, 1.54) is 13.0 Å². The first-order chi connectivity index (χ1) is 14.5. The molecular weight excluding hydrogens is 403 g/mol. The summed E-state index contributed by atoms with van der Waals surface area (Å²) in [6.45, 7) is 9.18. The van der Waals surface area contributed by atoms with Crippen molar-refractivity contribution in [2.75, 3.05) is 13.1 Å². The van der Waals surface area contributed by atoms with Crippen LogP contribution in [0.3, 0.4) is 0 Å². The number of carbonyl (C=O) groups excluding carboxylic acids is 3. The fourth-order valence-electron chi connectivity index (χ4n) is 3.55. The lowest BCUT2D eigenvalue weighted by Crippen LogP contribution is -2.39. The molecule has 1 atom stereocenters. The van der Waals surface area contributed by atoms with E-state index in [2.05, 4.69) is 5.32 Å². The fourth-order valence-corrected chi connectivity index (χ4v) is 3.55. The number of rotatable bonds is 3. The second-order valence-electron chi connectivity index (χ2n) is 8.64. The lowest BCUT2D eigenvalue weighted by molar-refractivity contribution is -0.140. The van der Waals surface area contributed by atoms with Crippen LogP contribution in [0.5, 0.6) is 0 Å². The Morgan fingerprint density at radius 1 is 1.29 bits per heavy atom. The van der Waals surface area contributed by atoms with Gasteiger partial charge in [-0.2, -0.15) is 0 Å². The van der Waals surface area contributed by atoms with Gasteiger partial charge in [-0.3, -0.25) is 4.79 Å². The summed E-state index contributed by atoms with van der Waals surface area (Å²) in [6.07, 6.45) is 1.06. The Kier molecular flexibility index (Phi) is 6.20. The molecule has 1 aromatic carbocycles. The van der Waals surface area contributed by atoms with Gasteiger partial charge < -0.3 is 19.7 Å². The molecule has 0 saturated heterocycles. The van der Waals surface area contributed by atoms with Crippen LogP contribution in [-0.2, 0) is 19.1 Å². The third-order valence-corrected chi connectivity index (χ3v) is 5.02. The maximum atomic E-state index is 14.9. The van der Waals surface area contributed by atoms with Gasteiger partial charge in [-0.05, 0) is 51.3 Å². The van der Waals surface area contributed by atoms with Crippen LogP contribution in [0.1, 0.15) is 52.2 Å². The van der Waals surface area contributed by atoms with Gasteiger partial charge in [0.2, 0.25) is 5.91 Å². The normalized spacial score (nSPS) is 19.2. The van der Waals surface area contributed by atoms with Crippen LogP contribution >= 0.6 is 0 Å². The maximum absolute atomic E-state index is 14.9. The molecule has 2 aliphatic rings. The number of benzene rings is 1. The predicted molar refractivity (Wildman–Crippen MR) is 113 cm³/mol. The number of hydrogen-bond donors (Lipinski definition) is 1. The number of cyclic esters (lactones) is 1. The van der Waals surface area contributed by atoms with E-state index in [0.29, 0.717) is 36.2 Å². The number of nitrogens with zero attached hydrogens (tertiary/aromatic N) is 1. The highest BCUT2D eigenvalue weighted by Gasteiger charge is 2.33. The van der Waals surface area contributed by atoms with E-state index in [-0.39, 0.29) is 11.5 Å². The zero-order valence-electron chi connectivity index (χ0n) is 18.4. The van der Waals surface area contributed by atoms with Crippen molar-refractivity contribution in [2.24, 2.45) is 0 Å². The Bertz CT molecular complexity index is 990. The van der Waals surface area contributed by atoms with Gasteiger partial charge in [0.15, 0.2) is 6.23 Å². The van der Waals surface area contributed by atoms with E-state index in [1.807, 2.05) is 26.8 Å². The van der Waals surface area contributed by atoms with Crippen molar-refractivity contribution in [1.82, 2.24) is 10.2 Å². The summed E-state index contributed by atoms with van der Waals surface area (Å²) >= 11 is 0. The molecule has 8 heteroatoms. The van der Waals surface area contributed by atoms with Gasteiger partial charge in [-0.15, -0.1) is 0 Å². The van der Waals surface area contributed by atoms with Crippen LogP contribution in [0.4, 0.5) is 9.18 Å². The number of nitrogens with one attached hydrogen (secondary N) is 1. The molecule has 2 aliphatic heterocycles. The molecule has 1 N–H and O–H groups in total. The second kappa shape index (κ2) is 8.53. The quantitative estimate of drug-likeness (QED) is 0.740. The van der Waals surface area contributed by atoms with E-state index in [1.54, 1.807) is 24.0 Å². The average molecular weight is 430 g/mol. The highest BCUT2D eigenvalue weighted by molar-refractivity contribution is 6.19. The molecule has 0 bridgehead atoms. The monoisotopic (exact) mass is 430 g/mol. The maximum Gasteiger partial charge on any atom is 0.410 e. The highest BCUT2D eigenvalue weighted by Crippen LogP contribution is 2.32. The number of halogens is 1. The molecule has 3 rings (SSSR count). The van der Waals surface area contributed by atoms with Crippen LogP contribution in [0.15, 0.2) is 29.8 Å². The first-order valence-corrected chi connectivity index (χ1v) is 10.1. The molecule has 2 amide bonds. The minimum Gasteiger partial charge on any atom is -0.444 e. The van der Waals surface area contributed by atoms with Gasteiger partial charge in [0.1, 0.15) is 11.4 Å². The van der Waals surface area contributed by atoms with Crippen molar-refractivity contribution in [3.8, 4) is 0 Å². The molecule has 31 heavy (non-hydrogen) atoms. The summed E-state index contributed by atoms with van der Waals surface area (Å²) in [5.74, 6) is -1.40. The minimum absolute atomic E-state index is 0.248. The van der Waals surface area contributed by atoms with E-state index >= 15 is 0 Å². The van der Waals surface area contributed by atoms with Crippen LogP contribution < -0.4 is 5.32 Å². The Morgan fingerprint density at radius 2 is 2.00 bits per heavy atom. The largest absolute Gasteiger partial charge is 0.444 e. The molecule has 0 aliphatic carbocycles. The van der Waals surface area contributed by atoms with Gasteiger partial charge in [0.05, 0.1) is 5.57 Å². The smallest absolute Gasteiger partial charge is 0.410 e. The summed E-state index contributed by atoms with van der Waals surface area (Å²) in [5, 5.41) is 2.54. The average Bonchev–Trinajstić information content (AvgIpc) is 2.93. The Balaban J connectivity index is 1.78. The van der Waals surface area contributed by atoms with E-state index < -0.39 is 29.7 Å². The summed E-state index contributed by atoms with van der Waals surface area (Å²) in [5.41, 5.74) is 1.81. The Morgan fingerprint density at radius 3 is 2.55 bits per heavy atom. The zero-order chi connectivity index (χ0) is 22.9. The van der Waals surface area contributed by atoms with Crippen molar-refractivity contribution in [3.05, 3.63) is 46.8 Å². The third kappa shape index (κ3) is 5.13. The molecule has 166 valence electrons. The fraction of sp³-hybridized carbons (Fsp3) is 0.435. The van der Waals surface area contributed by atoms with Crippen LogP contribution in [0.25, 0.3) is 11.1 Å². The molecule has 2 heterocycles. The number of carbonyl (C=O) groups is 3. The van der Waals surface area contributed by atoms with Crippen LogP contribution in [-0.4, -0.2) is 47.8 Å². The van der Waals surface area contributed by atoms with Gasteiger partial charge in [0.25, 0.3) is 0 Å². The van der Waals surface area contributed by atoms with Gasteiger partial charge in [-0.1, -0.05) is 18.2 Å². The van der Waals surface area contributed by atoms with Crippen molar-refractivity contribution < 1.29 is 28.2 Å². The lowest BCUT2D eigenvalue weighted by atomic mass is 9.95. The van der Waals surface area contributed by atoms with Crippen molar-refractivity contribution >= 4 is 29.1 Å². The third-order valence-electron chi connectivity index (χ3n) is 5.02. The summed E-state index contributed by atoms with van der Waals surface area (Å²) in [6, 6.07) is 4.58. The summed E-state index contributed by atoms with van der Waals surface area (Å²) in [4.78, 5) is 37.3. The molecule has 0 unspecified atom stereocenters. The molecule has 0 radical (unpaired) electrons. The van der Waals surface area contributed by atoms with Crippen molar-refractivity contribution in [3.63, 3.8) is 0 Å². The summed E-state index contributed by atoms with van der Waals surface area (Å²) in [7, 11) is 0. The standard InChI is InChI=1S/C23H27FN2O5/c1-13-19(21(28)30-20(13)25-14(2)27)16-6-7-17(18(24)12-16)15-8-10-26(11-9-15)22(29)31-23(3,4)5/h6-8,12,20H,9-11H2,1-5H3,(H,25,27)/t20-/m1/s1. The van der Waals surface area contributed by atoms with Gasteiger partial charge >= 0.3 is 12.1 Å². The van der Waals surface area contributed by atoms with E-state index in [0.717, 1.165) is 5.57 Å². The van der Waals surface area contributed by atoms with Crippen molar-refractivity contribution in [2.45, 2.75) is 52.9 Å². The lowest BCUT2D eigenvalue weighted by Gasteiger charge is -2.29. The second-order valence-corrected chi connectivity index (χ2v) is 8.64. The molecule has 0 aromatic heterocycles. The van der Waals surface area contributed by atoms with E-state index in [4.69, 9.17) is 9.47 Å². The predicted octanol–water partition coefficient (Wildman–Crippen LogP) is 3.64. The van der Waals surface area contributed by atoms with Gasteiger partial charge in [0, 0.05) is 31.1 Å². The molecule has 0 saturated carbocycles. The minimum atomic E-state index is -0.845. The SMILES string of the molecule is CC(=O)N[C@@H]1OC(=O)C(c2ccc(C3=CCN(C(=O)OC(C)(C)C)CC3)c(F)c2)=C1C. The molecule has 1 aromatic rings. The van der Waals surface area contributed by atoms with E-state index in [9.17, 15) is 18.8 Å². The number of amides is 2. The molecule has 7 nitrogen and oxygen atoms in total. The highest BCUT2D eigenvalue weighted by atomic mass is 19.1. The number of esters is 1. The molecular formula is C23H27FN2O5. The molecule has 0 spiro atoms. The first kappa shape index (κ1) is 22.5. The Hall–Kier alpha value is -3.16. The number of hydrogen-bond acceptors (Lipinski definition) is 5. The Labute approximate surface area is 180 Å². The molecule has 0 fully saturated rings. The number of ether oxygens (including phenoxy) is 2. The van der Waals surface area contributed by atoms with Crippen molar-refractivity contribution in [1.29, 1.82) is 0 Å². The summed E-state index contributed by atoms with van der Waals surface area (Å²) < 4.78 is 25.5. The van der Waals surface area contributed by atoms with Crippen LogP contribution in [0.2, 0.25) is 0 Å². The first-order valence-electron chi connectivity index (χ1n) is 10.1. The topological polar surface area (TPSA) is 84.9 Å².